The van der Waals surface area contributed by atoms with Gasteiger partial charge in [-0.15, -0.1) is 24.0 Å². The summed E-state index contributed by atoms with van der Waals surface area (Å²) < 4.78 is 4.93. The standard InChI is InChI=1S/C19H28N6O2.HI/c1-21-19(23-14-17-5-3-4-16(12-17)13-20)25-9-7-24(8-10-25)15-18(26)22-6-11-27-2;/h3-5,12H,6-11,14-15H2,1-2H3,(H,21,23)(H,22,26);1H. The normalized spacial score (nSPS) is 14.8. The van der Waals surface area contributed by atoms with Gasteiger partial charge in [0.15, 0.2) is 5.96 Å². The Morgan fingerprint density at radius 1 is 1.29 bits per heavy atom. The molecule has 1 aliphatic heterocycles. The van der Waals surface area contributed by atoms with Gasteiger partial charge in [0, 0.05) is 53.4 Å². The third-order valence-corrected chi connectivity index (χ3v) is 4.39. The number of rotatable bonds is 7. The topological polar surface area (TPSA) is 93.0 Å². The first kappa shape index (κ1) is 24.1. The molecule has 0 aliphatic carbocycles. The molecule has 0 radical (unpaired) electrons. The van der Waals surface area contributed by atoms with E-state index in [-0.39, 0.29) is 29.9 Å². The monoisotopic (exact) mass is 500 g/mol. The number of piperazine rings is 1. The van der Waals surface area contributed by atoms with Crippen molar-refractivity contribution in [2.75, 3.05) is 60.0 Å². The number of aliphatic imine (C=N–C) groups is 1. The zero-order valence-electron chi connectivity index (χ0n) is 16.5. The van der Waals surface area contributed by atoms with Gasteiger partial charge in [-0.1, -0.05) is 12.1 Å². The molecule has 2 rings (SSSR count). The highest BCUT2D eigenvalue weighted by Gasteiger charge is 2.21. The quantitative estimate of drug-likeness (QED) is 0.247. The number of carbonyl (C=O) groups is 1. The van der Waals surface area contributed by atoms with Gasteiger partial charge >= 0.3 is 0 Å². The van der Waals surface area contributed by atoms with Crippen LogP contribution in [0, 0.1) is 11.3 Å². The van der Waals surface area contributed by atoms with E-state index in [4.69, 9.17) is 10.00 Å². The van der Waals surface area contributed by atoms with Gasteiger partial charge in [0.05, 0.1) is 24.8 Å². The van der Waals surface area contributed by atoms with Crippen LogP contribution in [-0.2, 0) is 16.1 Å². The van der Waals surface area contributed by atoms with Crippen molar-refractivity contribution >= 4 is 35.8 Å². The minimum Gasteiger partial charge on any atom is -0.383 e. The molecule has 1 aromatic rings. The van der Waals surface area contributed by atoms with E-state index in [0.29, 0.717) is 31.8 Å². The van der Waals surface area contributed by atoms with Crippen molar-refractivity contribution in [2.24, 2.45) is 4.99 Å². The second-order valence-electron chi connectivity index (χ2n) is 6.32. The number of benzene rings is 1. The Morgan fingerprint density at radius 3 is 2.68 bits per heavy atom. The highest BCUT2D eigenvalue weighted by molar-refractivity contribution is 14.0. The van der Waals surface area contributed by atoms with Gasteiger partial charge in [-0.3, -0.25) is 14.7 Å². The number of hydrogen-bond donors (Lipinski definition) is 2. The van der Waals surface area contributed by atoms with Crippen molar-refractivity contribution in [2.45, 2.75) is 6.54 Å². The average molecular weight is 500 g/mol. The lowest BCUT2D eigenvalue weighted by molar-refractivity contribution is -0.122. The van der Waals surface area contributed by atoms with E-state index in [2.05, 4.69) is 31.5 Å². The number of hydrogen-bond acceptors (Lipinski definition) is 5. The summed E-state index contributed by atoms with van der Waals surface area (Å²) >= 11 is 0. The number of halogens is 1. The second kappa shape index (κ2) is 13.3. The van der Waals surface area contributed by atoms with Crippen LogP contribution >= 0.6 is 24.0 Å². The molecule has 9 heteroatoms. The molecule has 1 heterocycles. The van der Waals surface area contributed by atoms with Crippen molar-refractivity contribution in [3.05, 3.63) is 35.4 Å². The van der Waals surface area contributed by atoms with Gasteiger partial charge in [-0.25, -0.2) is 0 Å². The van der Waals surface area contributed by atoms with Crippen LogP contribution in [0.1, 0.15) is 11.1 Å². The molecule has 0 atom stereocenters. The predicted molar refractivity (Wildman–Crippen MR) is 120 cm³/mol. The van der Waals surface area contributed by atoms with Crippen molar-refractivity contribution in [3.63, 3.8) is 0 Å². The van der Waals surface area contributed by atoms with E-state index in [0.717, 1.165) is 37.7 Å². The fraction of sp³-hybridized carbons (Fsp3) is 0.526. The number of amides is 1. The molecule has 0 unspecified atom stereocenters. The van der Waals surface area contributed by atoms with Crippen molar-refractivity contribution in [3.8, 4) is 6.07 Å². The van der Waals surface area contributed by atoms with E-state index in [1.165, 1.54) is 0 Å². The molecule has 154 valence electrons. The van der Waals surface area contributed by atoms with Gasteiger partial charge in [0.25, 0.3) is 0 Å². The fourth-order valence-corrected chi connectivity index (χ4v) is 2.93. The third-order valence-electron chi connectivity index (χ3n) is 4.39. The molecule has 28 heavy (non-hydrogen) atoms. The SMILES string of the molecule is CN=C(NCc1cccc(C#N)c1)N1CCN(CC(=O)NCCOC)CC1.I. The molecule has 0 spiro atoms. The van der Waals surface area contributed by atoms with E-state index in [1.54, 1.807) is 20.2 Å². The minimum atomic E-state index is 0. The van der Waals surface area contributed by atoms with E-state index >= 15 is 0 Å². The van der Waals surface area contributed by atoms with Crippen LogP contribution in [0.5, 0.6) is 0 Å². The lowest BCUT2D eigenvalue weighted by atomic mass is 10.1. The molecule has 1 amide bonds. The third kappa shape index (κ3) is 8.00. The van der Waals surface area contributed by atoms with Crippen LogP contribution in [0.4, 0.5) is 0 Å². The number of methoxy groups -OCH3 is 1. The molecule has 8 nitrogen and oxygen atoms in total. The molecular weight excluding hydrogens is 471 g/mol. The molecule has 1 saturated heterocycles. The number of guanidine groups is 1. The first-order chi connectivity index (χ1) is 13.2. The van der Waals surface area contributed by atoms with Crippen LogP contribution < -0.4 is 10.6 Å². The van der Waals surface area contributed by atoms with Crippen molar-refractivity contribution in [1.29, 1.82) is 5.26 Å². The van der Waals surface area contributed by atoms with Gasteiger partial charge in [-0.2, -0.15) is 5.26 Å². The number of nitrogens with one attached hydrogen (secondary N) is 2. The Labute approximate surface area is 183 Å². The van der Waals surface area contributed by atoms with E-state index in [9.17, 15) is 4.79 Å². The number of carbonyl (C=O) groups excluding carboxylic acids is 1. The number of ether oxygens (including phenoxy) is 1. The molecule has 1 aliphatic rings. The molecule has 0 bridgehead atoms. The lowest BCUT2D eigenvalue weighted by Gasteiger charge is -2.36. The van der Waals surface area contributed by atoms with Crippen LogP contribution in [0.3, 0.4) is 0 Å². The van der Waals surface area contributed by atoms with E-state index < -0.39 is 0 Å². The van der Waals surface area contributed by atoms with Gasteiger partial charge in [0.2, 0.25) is 5.91 Å². The number of nitrogens with zero attached hydrogens (tertiary/aromatic N) is 4. The maximum atomic E-state index is 11.9. The molecule has 1 fully saturated rings. The summed E-state index contributed by atoms with van der Waals surface area (Å²) in [5.41, 5.74) is 1.70. The Kier molecular flexibility index (Phi) is 11.5. The summed E-state index contributed by atoms with van der Waals surface area (Å²) in [5.74, 6) is 0.863. The first-order valence-electron chi connectivity index (χ1n) is 9.09. The molecular formula is C19H29IN6O2. The van der Waals surface area contributed by atoms with Crippen LogP contribution in [0.25, 0.3) is 0 Å². The Hall–Kier alpha value is -1.90. The Bertz CT molecular complexity index is 683. The maximum absolute atomic E-state index is 11.9. The van der Waals surface area contributed by atoms with Crippen LogP contribution in [0.15, 0.2) is 29.3 Å². The zero-order chi connectivity index (χ0) is 19.5. The molecule has 0 aromatic heterocycles. The average Bonchev–Trinajstić information content (AvgIpc) is 2.70. The molecule has 2 N–H and O–H groups in total. The van der Waals surface area contributed by atoms with Crippen LogP contribution in [-0.4, -0.2) is 81.7 Å². The highest BCUT2D eigenvalue weighted by Crippen LogP contribution is 2.06. The maximum Gasteiger partial charge on any atom is 0.234 e. The van der Waals surface area contributed by atoms with Crippen molar-refractivity contribution in [1.82, 2.24) is 20.4 Å². The summed E-state index contributed by atoms with van der Waals surface area (Å²) in [7, 11) is 3.39. The Morgan fingerprint density at radius 2 is 2.04 bits per heavy atom. The summed E-state index contributed by atoms with van der Waals surface area (Å²) in [5, 5.41) is 15.2. The van der Waals surface area contributed by atoms with E-state index in [1.807, 2.05) is 18.2 Å². The molecule has 0 saturated carbocycles. The predicted octanol–water partition coefficient (Wildman–Crippen LogP) is 0.632. The Balaban J connectivity index is 0.00000392. The zero-order valence-corrected chi connectivity index (χ0v) is 18.8. The smallest absolute Gasteiger partial charge is 0.234 e. The minimum absolute atomic E-state index is 0. The first-order valence-corrected chi connectivity index (χ1v) is 9.09. The molecule has 1 aromatic carbocycles. The van der Waals surface area contributed by atoms with Gasteiger partial charge in [0.1, 0.15) is 0 Å². The summed E-state index contributed by atoms with van der Waals surface area (Å²) in [4.78, 5) is 20.6. The number of nitriles is 1. The van der Waals surface area contributed by atoms with Crippen molar-refractivity contribution < 1.29 is 9.53 Å². The van der Waals surface area contributed by atoms with Crippen LogP contribution in [0.2, 0.25) is 0 Å². The van der Waals surface area contributed by atoms with Gasteiger partial charge in [-0.05, 0) is 17.7 Å². The lowest BCUT2D eigenvalue weighted by Crippen LogP contribution is -2.54. The largest absolute Gasteiger partial charge is 0.383 e. The summed E-state index contributed by atoms with van der Waals surface area (Å²) in [6.07, 6.45) is 0. The summed E-state index contributed by atoms with van der Waals surface area (Å²) in [6.45, 7) is 5.32. The highest BCUT2D eigenvalue weighted by atomic mass is 127. The summed E-state index contributed by atoms with van der Waals surface area (Å²) in [6, 6.07) is 9.70. The second-order valence-corrected chi connectivity index (χ2v) is 6.32. The van der Waals surface area contributed by atoms with Gasteiger partial charge < -0.3 is 20.3 Å². The fourth-order valence-electron chi connectivity index (χ4n) is 2.93.